The monoisotopic (exact) mass is 382 g/mol. The first-order valence-corrected chi connectivity index (χ1v) is 10.1. The summed E-state index contributed by atoms with van der Waals surface area (Å²) in [6, 6.07) is 6.40. The molecule has 26 heavy (non-hydrogen) atoms. The molecule has 0 saturated carbocycles. The number of rotatable bonds is 7. The average molecular weight is 382 g/mol. The van der Waals surface area contributed by atoms with Crippen molar-refractivity contribution < 1.29 is 23.1 Å². The molecule has 1 saturated heterocycles. The van der Waals surface area contributed by atoms with Crippen molar-refractivity contribution in [3.8, 4) is 0 Å². The van der Waals surface area contributed by atoms with Crippen molar-refractivity contribution in [2.45, 2.75) is 38.0 Å². The van der Waals surface area contributed by atoms with Crippen molar-refractivity contribution in [3.63, 3.8) is 0 Å². The second-order valence-electron chi connectivity index (χ2n) is 7.03. The van der Waals surface area contributed by atoms with E-state index < -0.39 is 21.4 Å². The maximum absolute atomic E-state index is 12.5. The Balaban J connectivity index is 1.96. The Morgan fingerprint density at radius 1 is 1.27 bits per heavy atom. The van der Waals surface area contributed by atoms with Gasteiger partial charge in [0.15, 0.2) is 0 Å². The zero-order chi connectivity index (χ0) is 19.5. The summed E-state index contributed by atoms with van der Waals surface area (Å²) in [6.45, 7) is 4.46. The number of carbonyl (C=O) groups is 2. The third-order valence-corrected chi connectivity index (χ3v) is 6.74. The fourth-order valence-electron chi connectivity index (χ4n) is 3.30. The first-order valence-electron chi connectivity index (χ1n) is 8.66. The predicted octanol–water partition coefficient (Wildman–Crippen LogP) is 1.49. The van der Waals surface area contributed by atoms with Crippen LogP contribution in [0.15, 0.2) is 29.2 Å². The topological polar surface area (TPSA) is 104 Å². The van der Waals surface area contributed by atoms with E-state index in [2.05, 4.69) is 4.72 Å². The lowest BCUT2D eigenvalue weighted by Gasteiger charge is -2.28. The molecule has 7 nitrogen and oxygen atoms in total. The summed E-state index contributed by atoms with van der Waals surface area (Å²) in [4.78, 5) is 25.9. The number of carboxylic acid groups (broad SMARTS) is 1. The van der Waals surface area contributed by atoms with E-state index in [1.807, 2.05) is 13.8 Å². The van der Waals surface area contributed by atoms with E-state index in [9.17, 15) is 23.1 Å². The van der Waals surface area contributed by atoms with Gasteiger partial charge in [-0.05, 0) is 43.5 Å². The Labute approximate surface area is 154 Å². The van der Waals surface area contributed by atoms with Crippen LogP contribution in [0.1, 0.15) is 32.3 Å². The van der Waals surface area contributed by atoms with Crippen molar-refractivity contribution in [2.75, 3.05) is 20.1 Å². The molecular formula is C18H26N2O5S. The molecule has 2 N–H and O–H groups in total. The number of aliphatic carboxylic acids is 1. The van der Waals surface area contributed by atoms with Gasteiger partial charge in [-0.3, -0.25) is 9.59 Å². The molecule has 1 amide bonds. The number of likely N-dealkylation sites (tertiary alicyclic amines) is 1. The summed E-state index contributed by atoms with van der Waals surface area (Å²) in [6.07, 6.45) is 1.23. The molecule has 0 spiro atoms. The standard InChI is InChI=1S/C18H26N2O5S/c1-13(2)18(17(22)23)10-11-20(12-18)16(21)9-6-14-4-7-15(8-5-14)26(24,25)19-3/h4-5,7-8,13,19H,6,9-12H2,1-3H3,(H,22,23). The van der Waals surface area contributed by atoms with Crippen LogP contribution in [0.4, 0.5) is 0 Å². The van der Waals surface area contributed by atoms with Crippen LogP contribution in [-0.4, -0.2) is 50.4 Å². The highest BCUT2D eigenvalue weighted by atomic mass is 32.2. The number of hydrogen-bond donors (Lipinski definition) is 2. The molecule has 0 bridgehead atoms. The van der Waals surface area contributed by atoms with E-state index in [-0.39, 0.29) is 29.7 Å². The SMILES string of the molecule is CNS(=O)(=O)c1ccc(CCC(=O)N2CCC(C(=O)O)(C(C)C)C2)cc1. The fourth-order valence-corrected chi connectivity index (χ4v) is 4.03. The molecule has 144 valence electrons. The van der Waals surface area contributed by atoms with E-state index in [4.69, 9.17) is 0 Å². The van der Waals surface area contributed by atoms with Gasteiger partial charge in [-0.1, -0.05) is 26.0 Å². The molecule has 1 fully saturated rings. The van der Waals surface area contributed by atoms with Crippen molar-refractivity contribution in [2.24, 2.45) is 11.3 Å². The molecular weight excluding hydrogens is 356 g/mol. The number of carboxylic acids is 1. The Kier molecular flexibility index (Phi) is 6.08. The number of nitrogens with zero attached hydrogens (tertiary/aromatic N) is 1. The molecule has 8 heteroatoms. The second-order valence-corrected chi connectivity index (χ2v) is 8.92. The molecule has 1 aliphatic rings. The number of aryl methyl sites for hydroxylation is 1. The summed E-state index contributed by atoms with van der Waals surface area (Å²) < 4.78 is 25.7. The van der Waals surface area contributed by atoms with Crippen LogP contribution < -0.4 is 4.72 Å². The minimum absolute atomic E-state index is 0.0422. The largest absolute Gasteiger partial charge is 0.481 e. The Hall–Kier alpha value is -1.93. The molecule has 1 unspecified atom stereocenters. The summed E-state index contributed by atoms with van der Waals surface area (Å²) >= 11 is 0. The van der Waals surface area contributed by atoms with Crippen LogP contribution in [-0.2, 0) is 26.0 Å². The van der Waals surface area contributed by atoms with E-state index in [1.165, 1.54) is 19.2 Å². The first-order chi connectivity index (χ1) is 12.1. The molecule has 2 rings (SSSR count). The van der Waals surface area contributed by atoms with Gasteiger partial charge in [0.1, 0.15) is 0 Å². The van der Waals surface area contributed by atoms with Crippen molar-refractivity contribution in [3.05, 3.63) is 29.8 Å². The van der Waals surface area contributed by atoms with Gasteiger partial charge in [-0.25, -0.2) is 13.1 Å². The van der Waals surface area contributed by atoms with Gasteiger partial charge in [0.25, 0.3) is 0 Å². The van der Waals surface area contributed by atoms with Crippen LogP contribution in [0, 0.1) is 11.3 Å². The van der Waals surface area contributed by atoms with Crippen molar-refractivity contribution in [1.82, 2.24) is 9.62 Å². The Morgan fingerprint density at radius 2 is 1.88 bits per heavy atom. The molecule has 0 radical (unpaired) electrons. The van der Waals surface area contributed by atoms with E-state index in [1.54, 1.807) is 17.0 Å². The van der Waals surface area contributed by atoms with Gasteiger partial charge in [-0.15, -0.1) is 0 Å². The van der Waals surface area contributed by atoms with Crippen LogP contribution >= 0.6 is 0 Å². The molecule has 1 aliphatic heterocycles. The Bertz CT molecular complexity index is 773. The highest BCUT2D eigenvalue weighted by molar-refractivity contribution is 7.89. The third-order valence-electron chi connectivity index (χ3n) is 5.31. The highest BCUT2D eigenvalue weighted by Crippen LogP contribution is 2.38. The number of nitrogens with one attached hydrogen (secondary N) is 1. The predicted molar refractivity (Wildman–Crippen MR) is 97.1 cm³/mol. The summed E-state index contributed by atoms with van der Waals surface area (Å²) in [5.41, 5.74) is -0.000284. The average Bonchev–Trinajstić information content (AvgIpc) is 3.07. The number of carbonyl (C=O) groups excluding carboxylic acids is 1. The van der Waals surface area contributed by atoms with Gasteiger partial charge in [0, 0.05) is 19.5 Å². The fraction of sp³-hybridized carbons (Fsp3) is 0.556. The van der Waals surface area contributed by atoms with Gasteiger partial charge in [-0.2, -0.15) is 0 Å². The number of hydrogen-bond acceptors (Lipinski definition) is 4. The lowest BCUT2D eigenvalue weighted by molar-refractivity contribution is -0.151. The van der Waals surface area contributed by atoms with Crippen molar-refractivity contribution in [1.29, 1.82) is 0 Å². The van der Waals surface area contributed by atoms with Gasteiger partial charge in [0.2, 0.25) is 15.9 Å². The van der Waals surface area contributed by atoms with Gasteiger partial charge in [0.05, 0.1) is 10.3 Å². The number of sulfonamides is 1. The minimum Gasteiger partial charge on any atom is -0.481 e. The maximum Gasteiger partial charge on any atom is 0.311 e. The lowest BCUT2D eigenvalue weighted by Crippen LogP contribution is -2.40. The quantitative estimate of drug-likeness (QED) is 0.743. The van der Waals surface area contributed by atoms with Crippen LogP contribution in [0.3, 0.4) is 0 Å². The van der Waals surface area contributed by atoms with Crippen LogP contribution in [0.5, 0.6) is 0 Å². The van der Waals surface area contributed by atoms with Gasteiger partial charge < -0.3 is 10.0 Å². The number of benzene rings is 1. The van der Waals surface area contributed by atoms with Gasteiger partial charge >= 0.3 is 5.97 Å². The zero-order valence-corrected chi connectivity index (χ0v) is 16.2. The van der Waals surface area contributed by atoms with E-state index >= 15 is 0 Å². The van der Waals surface area contributed by atoms with E-state index in [0.717, 1.165) is 5.56 Å². The van der Waals surface area contributed by atoms with Crippen LogP contribution in [0.2, 0.25) is 0 Å². The van der Waals surface area contributed by atoms with E-state index in [0.29, 0.717) is 19.4 Å². The smallest absolute Gasteiger partial charge is 0.311 e. The lowest BCUT2D eigenvalue weighted by atomic mass is 9.76. The second kappa shape index (κ2) is 7.75. The first kappa shape index (κ1) is 20.4. The summed E-state index contributed by atoms with van der Waals surface area (Å²) in [5, 5.41) is 9.56. The molecule has 1 heterocycles. The summed E-state index contributed by atoms with van der Waals surface area (Å²) in [7, 11) is -2.12. The molecule has 0 aromatic heterocycles. The molecule has 0 aliphatic carbocycles. The van der Waals surface area contributed by atoms with Crippen molar-refractivity contribution >= 4 is 21.9 Å². The maximum atomic E-state index is 12.5. The minimum atomic E-state index is -3.47. The normalized spacial score (nSPS) is 20.5. The molecule has 1 aromatic carbocycles. The highest BCUT2D eigenvalue weighted by Gasteiger charge is 2.48. The Morgan fingerprint density at radius 3 is 2.35 bits per heavy atom. The van der Waals surface area contributed by atoms with Crippen LogP contribution in [0.25, 0.3) is 0 Å². The third kappa shape index (κ3) is 4.07. The molecule has 1 aromatic rings. The summed E-state index contributed by atoms with van der Waals surface area (Å²) in [5.74, 6) is -0.954. The zero-order valence-electron chi connectivity index (χ0n) is 15.4. The number of amides is 1. The molecule has 1 atom stereocenters.